The number of halogens is 1. The van der Waals surface area contributed by atoms with E-state index >= 15 is 0 Å². The van der Waals surface area contributed by atoms with Crippen LogP contribution in [0.3, 0.4) is 0 Å². The van der Waals surface area contributed by atoms with Crippen LogP contribution in [0, 0.1) is 12.7 Å². The maximum Gasteiger partial charge on any atom is 0.242 e. The lowest BCUT2D eigenvalue weighted by Gasteiger charge is -2.19. The fourth-order valence-electron chi connectivity index (χ4n) is 1.82. The molecule has 0 unspecified atom stereocenters. The van der Waals surface area contributed by atoms with Gasteiger partial charge < -0.3 is 10.5 Å². The van der Waals surface area contributed by atoms with E-state index in [9.17, 15) is 12.8 Å². The number of sulfonamides is 1. The molecule has 120 valence electrons. The predicted octanol–water partition coefficient (Wildman–Crippen LogP) is 1.64. The van der Waals surface area contributed by atoms with Gasteiger partial charge in [0, 0.05) is 25.7 Å². The lowest BCUT2D eigenvalue weighted by molar-refractivity contribution is 0.0737. The summed E-state index contributed by atoms with van der Waals surface area (Å²) in [7, 11) is -2.21. The largest absolute Gasteiger partial charge is 0.377 e. The van der Waals surface area contributed by atoms with Gasteiger partial charge in [-0.3, -0.25) is 0 Å². The van der Waals surface area contributed by atoms with Crippen LogP contribution in [0.25, 0.3) is 0 Å². The van der Waals surface area contributed by atoms with E-state index in [1.54, 1.807) is 0 Å². The summed E-state index contributed by atoms with van der Waals surface area (Å²) >= 11 is 0. The minimum atomic E-state index is -3.68. The summed E-state index contributed by atoms with van der Waals surface area (Å²) < 4.78 is 45.2. The van der Waals surface area contributed by atoms with Crippen molar-refractivity contribution in [2.24, 2.45) is 5.73 Å². The van der Waals surface area contributed by atoms with Gasteiger partial charge in [0.15, 0.2) is 0 Å². The highest BCUT2D eigenvalue weighted by atomic mass is 32.2. The minimum Gasteiger partial charge on any atom is -0.377 e. The molecule has 7 heteroatoms. The molecule has 0 bridgehead atoms. The van der Waals surface area contributed by atoms with Crippen LogP contribution in [0.1, 0.15) is 25.0 Å². The van der Waals surface area contributed by atoms with Gasteiger partial charge in [-0.1, -0.05) is 0 Å². The molecular weight excluding hydrogens is 295 g/mol. The average molecular weight is 318 g/mol. The minimum absolute atomic E-state index is 0.0398. The molecule has 2 N–H and O–H groups in total. The molecule has 1 aromatic carbocycles. The zero-order chi connectivity index (χ0) is 16.2. The number of likely N-dealkylation sites (N-methyl/N-ethyl adjacent to an activating group) is 1. The van der Waals surface area contributed by atoms with Crippen molar-refractivity contribution < 1.29 is 17.5 Å². The smallest absolute Gasteiger partial charge is 0.242 e. The van der Waals surface area contributed by atoms with Gasteiger partial charge in [0.25, 0.3) is 0 Å². The Morgan fingerprint density at radius 2 is 2.00 bits per heavy atom. The van der Waals surface area contributed by atoms with E-state index in [-0.39, 0.29) is 35.2 Å². The quantitative estimate of drug-likeness (QED) is 0.829. The summed E-state index contributed by atoms with van der Waals surface area (Å²) in [5.41, 5.74) is 5.91. The number of nitrogens with zero attached hydrogens (tertiary/aromatic N) is 1. The molecule has 0 spiro atoms. The van der Waals surface area contributed by atoms with Crippen LogP contribution in [0.15, 0.2) is 17.0 Å². The number of aryl methyl sites for hydroxylation is 1. The monoisotopic (exact) mass is 318 g/mol. The Labute approximate surface area is 125 Å². The van der Waals surface area contributed by atoms with E-state index in [0.29, 0.717) is 6.61 Å². The molecule has 0 atom stereocenters. The second-order valence-corrected chi connectivity index (χ2v) is 7.21. The van der Waals surface area contributed by atoms with Crippen LogP contribution in [0.5, 0.6) is 0 Å². The van der Waals surface area contributed by atoms with Crippen molar-refractivity contribution in [1.29, 1.82) is 0 Å². The number of hydrogen-bond acceptors (Lipinski definition) is 4. The third kappa shape index (κ3) is 4.47. The van der Waals surface area contributed by atoms with Gasteiger partial charge in [-0.05, 0) is 38.5 Å². The molecule has 0 fully saturated rings. The molecule has 0 amide bonds. The van der Waals surface area contributed by atoms with Crippen molar-refractivity contribution in [3.05, 3.63) is 29.1 Å². The third-order valence-corrected chi connectivity index (χ3v) is 4.92. The van der Waals surface area contributed by atoms with Crippen LogP contribution < -0.4 is 5.73 Å². The zero-order valence-corrected chi connectivity index (χ0v) is 13.7. The maximum atomic E-state index is 13.8. The first-order chi connectivity index (χ1) is 9.70. The molecule has 0 saturated carbocycles. The molecule has 0 heterocycles. The van der Waals surface area contributed by atoms with Crippen LogP contribution >= 0.6 is 0 Å². The first-order valence-electron chi connectivity index (χ1n) is 6.77. The number of hydrogen-bond donors (Lipinski definition) is 1. The number of ether oxygens (including phenoxy) is 1. The van der Waals surface area contributed by atoms with Crippen molar-refractivity contribution in [2.45, 2.75) is 38.3 Å². The van der Waals surface area contributed by atoms with Crippen molar-refractivity contribution in [3.8, 4) is 0 Å². The van der Waals surface area contributed by atoms with Gasteiger partial charge >= 0.3 is 0 Å². The topological polar surface area (TPSA) is 72.6 Å². The van der Waals surface area contributed by atoms with E-state index < -0.39 is 15.8 Å². The van der Waals surface area contributed by atoms with Crippen molar-refractivity contribution >= 4 is 10.0 Å². The molecule has 1 aromatic rings. The zero-order valence-electron chi connectivity index (χ0n) is 12.9. The standard InChI is InChI=1S/C14H23FN2O3S/c1-10(2)20-6-5-17(4)21(18,19)13-7-11(3)14(15)12(8-13)9-16/h7-8,10H,5-6,9,16H2,1-4H3. The van der Waals surface area contributed by atoms with Gasteiger partial charge in [0.05, 0.1) is 17.6 Å². The molecule has 0 aliphatic carbocycles. The second-order valence-electron chi connectivity index (χ2n) is 5.16. The molecular formula is C14H23FN2O3S. The van der Waals surface area contributed by atoms with Crippen LogP contribution in [-0.4, -0.2) is 39.0 Å². The van der Waals surface area contributed by atoms with Crippen LogP contribution in [0.2, 0.25) is 0 Å². The summed E-state index contributed by atoms with van der Waals surface area (Å²) in [6.45, 7) is 5.77. The molecule has 0 aliphatic heterocycles. The van der Waals surface area contributed by atoms with Gasteiger partial charge in [0.2, 0.25) is 10.0 Å². The van der Waals surface area contributed by atoms with Crippen molar-refractivity contribution in [1.82, 2.24) is 4.31 Å². The normalized spacial score (nSPS) is 12.4. The van der Waals surface area contributed by atoms with E-state index in [0.717, 1.165) is 0 Å². The Balaban J connectivity index is 2.99. The Hall–Kier alpha value is -1.02. The van der Waals surface area contributed by atoms with E-state index in [1.165, 1.54) is 30.4 Å². The highest BCUT2D eigenvalue weighted by Gasteiger charge is 2.22. The first kappa shape index (κ1) is 18.0. The molecule has 0 aromatic heterocycles. The first-order valence-corrected chi connectivity index (χ1v) is 8.21. The third-order valence-electron chi connectivity index (χ3n) is 3.09. The fraction of sp³-hybridized carbons (Fsp3) is 0.571. The Bertz CT molecular complexity index is 588. The van der Waals surface area contributed by atoms with Gasteiger partial charge in [-0.15, -0.1) is 0 Å². The summed E-state index contributed by atoms with van der Waals surface area (Å²) in [4.78, 5) is 0.0499. The second kappa shape index (κ2) is 7.31. The van der Waals surface area contributed by atoms with Crippen molar-refractivity contribution in [3.63, 3.8) is 0 Å². The van der Waals surface area contributed by atoms with Crippen LogP contribution in [-0.2, 0) is 21.3 Å². The number of rotatable bonds is 7. The number of nitrogens with two attached hydrogens (primary N) is 1. The summed E-state index contributed by atoms with van der Waals surface area (Å²) in [6, 6.07) is 2.61. The van der Waals surface area contributed by atoms with Gasteiger partial charge in [-0.2, -0.15) is 4.31 Å². The Kier molecular flexibility index (Phi) is 6.27. The molecule has 1 rings (SSSR count). The molecule has 21 heavy (non-hydrogen) atoms. The highest BCUT2D eigenvalue weighted by molar-refractivity contribution is 7.89. The lowest BCUT2D eigenvalue weighted by Crippen LogP contribution is -2.31. The summed E-state index contributed by atoms with van der Waals surface area (Å²) in [6.07, 6.45) is 0.0398. The Morgan fingerprint density at radius 1 is 1.38 bits per heavy atom. The van der Waals surface area contributed by atoms with E-state index in [2.05, 4.69) is 0 Å². The summed E-state index contributed by atoms with van der Waals surface area (Å²) in [5.74, 6) is -0.456. The molecule has 5 nitrogen and oxygen atoms in total. The van der Waals surface area contributed by atoms with Gasteiger partial charge in [0.1, 0.15) is 5.82 Å². The Morgan fingerprint density at radius 3 is 2.52 bits per heavy atom. The SMILES string of the molecule is Cc1cc(S(=O)(=O)N(C)CCOC(C)C)cc(CN)c1F. The van der Waals surface area contributed by atoms with Gasteiger partial charge in [-0.25, -0.2) is 12.8 Å². The fourth-order valence-corrected chi connectivity index (χ4v) is 3.11. The predicted molar refractivity (Wildman–Crippen MR) is 79.9 cm³/mol. The van der Waals surface area contributed by atoms with Crippen molar-refractivity contribution in [2.75, 3.05) is 20.2 Å². The molecule has 0 radical (unpaired) electrons. The lowest BCUT2D eigenvalue weighted by atomic mass is 10.1. The maximum absolute atomic E-state index is 13.8. The number of benzene rings is 1. The van der Waals surface area contributed by atoms with E-state index in [4.69, 9.17) is 10.5 Å². The summed E-state index contributed by atoms with van der Waals surface area (Å²) in [5, 5.41) is 0. The van der Waals surface area contributed by atoms with E-state index in [1.807, 2.05) is 13.8 Å². The highest BCUT2D eigenvalue weighted by Crippen LogP contribution is 2.21. The molecule has 0 aliphatic rings. The molecule has 0 saturated heterocycles. The van der Waals surface area contributed by atoms with Crippen LogP contribution in [0.4, 0.5) is 4.39 Å². The average Bonchev–Trinajstić information content (AvgIpc) is 2.40.